The summed E-state index contributed by atoms with van der Waals surface area (Å²) < 4.78 is 5.46. The highest BCUT2D eigenvalue weighted by Gasteiger charge is 2.26. The molecule has 0 aliphatic heterocycles. The molecule has 1 saturated carbocycles. The molecule has 3 unspecified atom stereocenters. The number of methoxy groups -OCH3 is 1. The van der Waals surface area contributed by atoms with Gasteiger partial charge in [0.15, 0.2) is 0 Å². The Labute approximate surface area is 94.0 Å². The van der Waals surface area contributed by atoms with Gasteiger partial charge in [-0.3, -0.25) is 0 Å². The predicted octanol–water partition coefficient (Wildman–Crippen LogP) is 1.39. The quantitative estimate of drug-likeness (QED) is 0.672. The lowest BCUT2D eigenvalue weighted by Gasteiger charge is -2.22. The molecule has 2 N–H and O–H groups in total. The summed E-state index contributed by atoms with van der Waals surface area (Å²) in [7, 11) is 1.83. The van der Waals surface area contributed by atoms with Gasteiger partial charge in [0.25, 0.3) is 0 Å². The monoisotopic (exact) mass is 214 g/mol. The Hall–Kier alpha value is -0.120. The summed E-state index contributed by atoms with van der Waals surface area (Å²) in [4.78, 5) is 0. The molecule has 0 aromatic heterocycles. The van der Waals surface area contributed by atoms with Gasteiger partial charge in [-0.25, -0.2) is 0 Å². The zero-order valence-corrected chi connectivity index (χ0v) is 10.4. The first kappa shape index (κ1) is 12.9. The zero-order chi connectivity index (χ0) is 11.1. The third-order valence-corrected chi connectivity index (χ3v) is 3.23. The third kappa shape index (κ3) is 4.49. The minimum atomic E-state index is 0.441. The van der Waals surface area contributed by atoms with Crippen LogP contribution in [0.25, 0.3) is 0 Å². The molecule has 0 saturated heterocycles. The van der Waals surface area contributed by atoms with Gasteiger partial charge in [-0.05, 0) is 44.8 Å². The molecule has 1 fully saturated rings. The van der Waals surface area contributed by atoms with E-state index in [0.717, 1.165) is 19.6 Å². The molecule has 0 aromatic carbocycles. The molecule has 3 atom stereocenters. The number of hydrogen-bond donors (Lipinski definition) is 2. The molecular weight excluding hydrogens is 188 g/mol. The van der Waals surface area contributed by atoms with Crippen molar-refractivity contribution in [2.45, 2.75) is 45.3 Å². The highest BCUT2D eigenvalue weighted by Crippen LogP contribution is 2.21. The van der Waals surface area contributed by atoms with Crippen LogP contribution in [0, 0.1) is 5.92 Å². The van der Waals surface area contributed by atoms with Crippen LogP contribution < -0.4 is 10.6 Å². The second-order valence-electron chi connectivity index (χ2n) is 4.63. The van der Waals surface area contributed by atoms with Crippen molar-refractivity contribution in [1.82, 2.24) is 10.6 Å². The minimum absolute atomic E-state index is 0.441. The molecule has 0 heterocycles. The van der Waals surface area contributed by atoms with E-state index in [1.807, 2.05) is 7.11 Å². The van der Waals surface area contributed by atoms with Gasteiger partial charge in [-0.15, -0.1) is 0 Å². The van der Waals surface area contributed by atoms with Crippen molar-refractivity contribution in [3.05, 3.63) is 0 Å². The number of rotatable bonds is 7. The molecule has 0 amide bonds. The molecule has 0 bridgehead atoms. The molecule has 15 heavy (non-hydrogen) atoms. The van der Waals surface area contributed by atoms with E-state index in [1.165, 1.54) is 19.3 Å². The first-order valence-corrected chi connectivity index (χ1v) is 6.24. The summed E-state index contributed by atoms with van der Waals surface area (Å²) >= 11 is 0. The van der Waals surface area contributed by atoms with E-state index >= 15 is 0 Å². The Morgan fingerprint density at radius 2 is 2.13 bits per heavy atom. The number of ether oxygens (including phenoxy) is 1. The van der Waals surface area contributed by atoms with Crippen LogP contribution in [0.1, 0.15) is 33.1 Å². The molecule has 90 valence electrons. The second kappa shape index (κ2) is 7.20. The lowest BCUT2D eigenvalue weighted by Crippen LogP contribution is -2.40. The van der Waals surface area contributed by atoms with Crippen LogP contribution in [0.15, 0.2) is 0 Å². The Balaban J connectivity index is 2.12. The third-order valence-electron chi connectivity index (χ3n) is 3.23. The van der Waals surface area contributed by atoms with Crippen LogP contribution >= 0.6 is 0 Å². The van der Waals surface area contributed by atoms with E-state index < -0.39 is 0 Å². The average Bonchev–Trinajstić information content (AvgIpc) is 2.70. The molecule has 3 nitrogen and oxygen atoms in total. The highest BCUT2D eigenvalue weighted by atomic mass is 16.5. The Morgan fingerprint density at radius 1 is 1.33 bits per heavy atom. The summed E-state index contributed by atoms with van der Waals surface area (Å²) in [5.74, 6) is 0.697. The summed E-state index contributed by atoms with van der Waals surface area (Å²) in [5.41, 5.74) is 0. The molecule has 0 aromatic rings. The van der Waals surface area contributed by atoms with Crippen LogP contribution in [0.5, 0.6) is 0 Å². The van der Waals surface area contributed by atoms with Gasteiger partial charge in [-0.1, -0.05) is 13.8 Å². The van der Waals surface area contributed by atoms with E-state index in [0.29, 0.717) is 18.1 Å². The maximum absolute atomic E-state index is 5.46. The lowest BCUT2D eigenvalue weighted by molar-refractivity contribution is 0.0841. The van der Waals surface area contributed by atoms with Crippen LogP contribution in [-0.4, -0.2) is 38.9 Å². The normalized spacial score (nSPS) is 28.2. The first-order chi connectivity index (χ1) is 7.27. The van der Waals surface area contributed by atoms with Gasteiger partial charge in [0.2, 0.25) is 0 Å². The molecule has 1 aliphatic carbocycles. The molecule has 0 radical (unpaired) electrons. The number of hydrogen-bond acceptors (Lipinski definition) is 3. The van der Waals surface area contributed by atoms with Crippen molar-refractivity contribution in [2.75, 3.05) is 26.7 Å². The Bertz CT molecular complexity index is 164. The topological polar surface area (TPSA) is 33.3 Å². The standard InChI is InChI=1S/C12H26N2O/c1-4-13-8-10(2)9-14-11-6-5-7-12(11)15-3/h10-14H,4-9H2,1-3H3. The SMILES string of the molecule is CCNCC(C)CNC1CCCC1OC. The van der Waals surface area contributed by atoms with Crippen molar-refractivity contribution in [3.63, 3.8) is 0 Å². The van der Waals surface area contributed by atoms with E-state index in [4.69, 9.17) is 4.74 Å². The van der Waals surface area contributed by atoms with E-state index in [9.17, 15) is 0 Å². The predicted molar refractivity (Wildman–Crippen MR) is 64.1 cm³/mol. The lowest BCUT2D eigenvalue weighted by atomic mass is 10.1. The summed E-state index contributed by atoms with van der Waals surface area (Å²) in [5, 5.41) is 7.00. The van der Waals surface area contributed by atoms with Crippen LogP contribution in [0.3, 0.4) is 0 Å². The summed E-state index contributed by atoms with van der Waals surface area (Å²) in [6.07, 6.45) is 4.23. The minimum Gasteiger partial charge on any atom is -0.380 e. The molecule has 0 spiro atoms. The zero-order valence-electron chi connectivity index (χ0n) is 10.4. The van der Waals surface area contributed by atoms with Gasteiger partial charge in [0.05, 0.1) is 6.10 Å². The van der Waals surface area contributed by atoms with Crippen LogP contribution in [0.2, 0.25) is 0 Å². The summed E-state index contributed by atoms with van der Waals surface area (Å²) in [6.45, 7) is 7.70. The Kier molecular flexibility index (Phi) is 6.22. The number of nitrogens with one attached hydrogen (secondary N) is 2. The van der Waals surface area contributed by atoms with E-state index in [-0.39, 0.29) is 0 Å². The smallest absolute Gasteiger partial charge is 0.0724 e. The van der Waals surface area contributed by atoms with Crippen molar-refractivity contribution < 1.29 is 4.74 Å². The largest absolute Gasteiger partial charge is 0.380 e. The fourth-order valence-electron chi connectivity index (χ4n) is 2.26. The van der Waals surface area contributed by atoms with Crippen molar-refractivity contribution >= 4 is 0 Å². The fourth-order valence-corrected chi connectivity index (χ4v) is 2.26. The van der Waals surface area contributed by atoms with Gasteiger partial charge < -0.3 is 15.4 Å². The van der Waals surface area contributed by atoms with Gasteiger partial charge in [-0.2, -0.15) is 0 Å². The van der Waals surface area contributed by atoms with Gasteiger partial charge in [0.1, 0.15) is 0 Å². The fraction of sp³-hybridized carbons (Fsp3) is 1.00. The first-order valence-electron chi connectivity index (χ1n) is 6.24. The Morgan fingerprint density at radius 3 is 2.80 bits per heavy atom. The molecular formula is C12H26N2O. The van der Waals surface area contributed by atoms with E-state index in [1.54, 1.807) is 0 Å². The summed E-state index contributed by atoms with van der Waals surface area (Å²) in [6, 6.07) is 0.582. The maximum atomic E-state index is 5.46. The van der Waals surface area contributed by atoms with Crippen molar-refractivity contribution in [1.29, 1.82) is 0 Å². The average molecular weight is 214 g/mol. The van der Waals surface area contributed by atoms with Gasteiger partial charge >= 0.3 is 0 Å². The van der Waals surface area contributed by atoms with Gasteiger partial charge in [0, 0.05) is 13.2 Å². The molecule has 1 aliphatic rings. The maximum Gasteiger partial charge on any atom is 0.0724 e. The second-order valence-corrected chi connectivity index (χ2v) is 4.63. The van der Waals surface area contributed by atoms with Crippen molar-refractivity contribution in [2.24, 2.45) is 5.92 Å². The van der Waals surface area contributed by atoms with Crippen molar-refractivity contribution in [3.8, 4) is 0 Å². The molecule has 3 heteroatoms. The van der Waals surface area contributed by atoms with Crippen LogP contribution in [0.4, 0.5) is 0 Å². The highest BCUT2D eigenvalue weighted by molar-refractivity contribution is 4.84. The van der Waals surface area contributed by atoms with E-state index in [2.05, 4.69) is 24.5 Å². The molecule has 1 rings (SSSR count). The van der Waals surface area contributed by atoms with Crippen LogP contribution in [-0.2, 0) is 4.74 Å².